The number of rotatable bonds is 7. The third kappa shape index (κ3) is 4.52. The summed E-state index contributed by atoms with van der Waals surface area (Å²) in [6, 6.07) is 9.34. The molecule has 2 amide bonds. The van der Waals surface area contributed by atoms with Crippen molar-refractivity contribution in [1.82, 2.24) is 9.80 Å². The highest BCUT2D eigenvalue weighted by Gasteiger charge is 2.62. The SMILES string of the molecule is CCOC(=O)[C@H]1C[C@]2(CCCCN(CCO)C2=O)N(C(=O)c2cccc(OC)c2)[C@H]1c1ccco1. The number of methoxy groups -OCH3 is 1. The summed E-state index contributed by atoms with van der Waals surface area (Å²) in [6.45, 7) is 2.37. The average Bonchev–Trinajstić information content (AvgIpc) is 3.48. The van der Waals surface area contributed by atoms with Gasteiger partial charge in [-0.05, 0) is 62.9 Å². The van der Waals surface area contributed by atoms with Gasteiger partial charge in [-0.3, -0.25) is 14.4 Å². The summed E-state index contributed by atoms with van der Waals surface area (Å²) in [5.41, 5.74) is -0.934. The van der Waals surface area contributed by atoms with Crippen molar-refractivity contribution in [2.75, 3.05) is 33.4 Å². The smallest absolute Gasteiger partial charge is 0.311 e. The Morgan fingerprint density at radius 3 is 2.74 bits per heavy atom. The van der Waals surface area contributed by atoms with Gasteiger partial charge in [-0.2, -0.15) is 0 Å². The van der Waals surface area contributed by atoms with E-state index in [1.165, 1.54) is 13.4 Å². The summed E-state index contributed by atoms with van der Waals surface area (Å²) in [7, 11) is 1.52. The number of aliphatic hydroxyl groups is 1. The number of nitrogens with zero attached hydrogens (tertiary/aromatic N) is 2. The van der Waals surface area contributed by atoms with Gasteiger partial charge in [-0.15, -0.1) is 0 Å². The molecular weight excluding hydrogens is 452 g/mol. The second kappa shape index (κ2) is 10.5. The molecule has 1 N–H and O–H groups in total. The lowest BCUT2D eigenvalue weighted by Crippen LogP contribution is -2.58. The van der Waals surface area contributed by atoms with Crippen LogP contribution in [-0.4, -0.2) is 71.6 Å². The van der Waals surface area contributed by atoms with Gasteiger partial charge in [0.2, 0.25) is 5.91 Å². The molecule has 2 aromatic rings. The third-order valence-electron chi connectivity index (χ3n) is 6.96. The van der Waals surface area contributed by atoms with Crippen LogP contribution < -0.4 is 4.74 Å². The number of hydrogen-bond acceptors (Lipinski definition) is 7. The van der Waals surface area contributed by atoms with E-state index in [0.29, 0.717) is 36.5 Å². The molecule has 3 heterocycles. The van der Waals surface area contributed by atoms with Crippen molar-refractivity contribution in [3.8, 4) is 5.75 Å². The van der Waals surface area contributed by atoms with Crippen molar-refractivity contribution in [3.05, 3.63) is 54.0 Å². The van der Waals surface area contributed by atoms with Gasteiger partial charge in [0.05, 0.1) is 32.5 Å². The molecule has 2 fully saturated rings. The molecule has 188 valence electrons. The van der Waals surface area contributed by atoms with E-state index in [2.05, 4.69) is 0 Å². The van der Waals surface area contributed by atoms with Crippen molar-refractivity contribution in [2.45, 2.75) is 44.2 Å². The van der Waals surface area contributed by atoms with E-state index in [9.17, 15) is 19.5 Å². The average molecular weight is 485 g/mol. The van der Waals surface area contributed by atoms with Crippen molar-refractivity contribution in [2.24, 2.45) is 5.92 Å². The molecule has 0 aliphatic carbocycles. The molecule has 0 unspecified atom stereocenters. The van der Waals surface area contributed by atoms with Crippen molar-refractivity contribution in [1.29, 1.82) is 0 Å². The monoisotopic (exact) mass is 484 g/mol. The van der Waals surface area contributed by atoms with E-state index in [0.717, 1.165) is 6.42 Å². The van der Waals surface area contributed by atoms with E-state index in [4.69, 9.17) is 13.9 Å². The van der Waals surface area contributed by atoms with Crippen LogP contribution in [0.15, 0.2) is 47.1 Å². The second-order valence-corrected chi connectivity index (χ2v) is 8.93. The molecule has 9 nitrogen and oxygen atoms in total. The molecule has 1 aromatic carbocycles. The molecule has 1 aromatic heterocycles. The van der Waals surface area contributed by atoms with Crippen LogP contribution in [0.1, 0.15) is 54.8 Å². The lowest BCUT2D eigenvalue weighted by molar-refractivity contribution is -0.149. The van der Waals surface area contributed by atoms with E-state index in [-0.39, 0.29) is 32.1 Å². The predicted octanol–water partition coefficient (Wildman–Crippen LogP) is 2.80. The summed E-state index contributed by atoms with van der Waals surface area (Å²) in [5.74, 6) is -0.981. The van der Waals surface area contributed by atoms with E-state index < -0.39 is 29.4 Å². The zero-order valence-corrected chi connectivity index (χ0v) is 20.1. The number of benzene rings is 1. The Morgan fingerprint density at radius 1 is 1.23 bits per heavy atom. The number of carbonyl (C=O) groups is 3. The third-order valence-corrected chi connectivity index (χ3v) is 6.96. The molecule has 3 atom stereocenters. The molecule has 0 saturated carbocycles. The molecule has 2 aliphatic heterocycles. The summed E-state index contributed by atoms with van der Waals surface area (Å²) in [6.07, 6.45) is 3.44. The Kier molecular flexibility index (Phi) is 7.45. The Hall–Kier alpha value is -3.33. The number of β-amino-alcohol motifs (C(OH)–C–C–N with tert-alkyl or cyclic N) is 1. The molecule has 1 spiro atoms. The lowest BCUT2D eigenvalue weighted by atomic mass is 9.85. The van der Waals surface area contributed by atoms with Crippen molar-refractivity contribution >= 4 is 17.8 Å². The predicted molar refractivity (Wildman–Crippen MR) is 126 cm³/mol. The topological polar surface area (TPSA) is 110 Å². The molecule has 0 radical (unpaired) electrons. The zero-order chi connectivity index (χ0) is 25.0. The molecule has 2 aliphatic rings. The Balaban J connectivity index is 1.89. The number of esters is 1. The zero-order valence-electron chi connectivity index (χ0n) is 20.1. The number of hydrogen-bond donors (Lipinski definition) is 1. The summed E-state index contributed by atoms with van der Waals surface area (Å²) >= 11 is 0. The first-order chi connectivity index (χ1) is 17.0. The van der Waals surface area contributed by atoms with Gasteiger partial charge in [0.1, 0.15) is 23.1 Å². The fourth-order valence-corrected chi connectivity index (χ4v) is 5.45. The number of furan rings is 1. The van der Waals surface area contributed by atoms with E-state index >= 15 is 0 Å². The summed E-state index contributed by atoms with van der Waals surface area (Å²) in [5, 5.41) is 9.61. The van der Waals surface area contributed by atoms with Crippen LogP contribution in [0, 0.1) is 5.92 Å². The minimum absolute atomic E-state index is 0.119. The molecule has 9 heteroatoms. The highest BCUT2D eigenvalue weighted by atomic mass is 16.5. The number of amides is 2. The van der Waals surface area contributed by atoms with Crippen molar-refractivity contribution in [3.63, 3.8) is 0 Å². The maximum atomic E-state index is 14.2. The van der Waals surface area contributed by atoms with Gasteiger partial charge >= 0.3 is 5.97 Å². The maximum absolute atomic E-state index is 14.2. The van der Waals surface area contributed by atoms with Crippen LogP contribution in [0.25, 0.3) is 0 Å². The minimum Gasteiger partial charge on any atom is -0.497 e. The van der Waals surface area contributed by atoms with Crippen LogP contribution in [0.4, 0.5) is 0 Å². The van der Waals surface area contributed by atoms with Gasteiger partial charge < -0.3 is 28.8 Å². The van der Waals surface area contributed by atoms with Crippen LogP contribution in [0.2, 0.25) is 0 Å². The first-order valence-corrected chi connectivity index (χ1v) is 12.0. The first kappa shape index (κ1) is 24.8. The second-order valence-electron chi connectivity index (χ2n) is 8.93. The van der Waals surface area contributed by atoms with Gasteiger partial charge in [0.15, 0.2) is 0 Å². The number of likely N-dealkylation sites (tertiary alicyclic amines) is 2. The molecule has 0 bridgehead atoms. The Morgan fingerprint density at radius 2 is 2.06 bits per heavy atom. The van der Waals surface area contributed by atoms with Crippen LogP contribution >= 0.6 is 0 Å². The highest BCUT2D eigenvalue weighted by Crippen LogP contribution is 2.52. The minimum atomic E-state index is -1.28. The standard InChI is InChI=1S/C26H32N2O7/c1-3-34-24(31)20-17-26(11-4-5-12-27(13-14-29)25(26)32)28(22(20)21-10-7-15-35-21)23(30)18-8-6-9-19(16-18)33-2/h6-10,15-16,20,22,29H,3-5,11-14,17H2,1-2H3/t20-,22+,26-/m0/s1. The fraction of sp³-hybridized carbons (Fsp3) is 0.500. The van der Waals surface area contributed by atoms with Gasteiger partial charge in [-0.1, -0.05) is 6.07 Å². The van der Waals surface area contributed by atoms with Crippen LogP contribution in [-0.2, 0) is 14.3 Å². The Bertz CT molecular complexity index is 1050. The highest BCUT2D eigenvalue weighted by molar-refractivity contribution is 6.01. The number of ether oxygens (including phenoxy) is 2. The number of aliphatic hydroxyl groups excluding tert-OH is 1. The summed E-state index contributed by atoms with van der Waals surface area (Å²) < 4.78 is 16.4. The molecular formula is C26H32N2O7. The van der Waals surface area contributed by atoms with E-state index in [1.54, 1.807) is 53.1 Å². The van der Waals surface area contributed by atoms with Crippen molar-refractivity contribution < 1.29 is 33.4 Å². The van der Waals surface area contributed by atoms with Gasteiger partial charge in [0, 0.05) is 18.7 Å². The largest absolute Gasteiger partial charge is 0.497 e. The quantitative estimate of drug-likeness (QED) is 0.602. The first-order valence-electron chi connectivity index (χ1n) is 12.0. The normalized spacial score (nSPS) is 24.5. The molecule has 2 saturated heterocycles. The maximum Gasteiger partial charge on any atom is 0.311 e. The Labute approximate surface area is 204 Å². The lowest BCUT2D eigenvalue weighted by Gasteiger charge is -2.41. The van der Waals surface area contributed by atoms with Crippen LogP contribution in [0.3, 0.4) is 0 Å². The number of carbonyl (C=O) groups excluding carboxylic acids is 3. The molecule has 4 rings (SSSR count). The summed E-state index contributed by atoms with van der Waals surface area (Å²) in [4.78, 5) is 44.6. The fourth-order valence-electron chi connectivity index (χ4n) is 5.45. The van der Waals surface area contributed by atoms with Gasteiger partial charge in [0.25, 0.3) is 5.91 Å². The van der Waals surface area contributed by atoms with E-state index in [1.807, 2.05) is 0 Å². The van der Waals surface area contributed by atoms with Gasteiger partial charge in [-0.25, -0.2) is 0 Å². The van der Waals surface area contributed by atoms with Crippen LogP contribution in [0.5, 0.6) is 5.75 Å². The molecule has 35 heavy (non-hydrogen) atoms.